The molecule has 0 saturated carbocycles. The largest absolute Gasteiger partial charge is 0.389 e. The smallest absolute Gasteiger partial charge is 0.367 e. The number of nitrogens with two attached hydrogens (primary N) is 1. The summed E-state index contributed by atoms with van der Waals surface area (Å²) in [5.41, 5.74) is 4.34. The van der Waals surface area contributed by atoms with Gasteiger partial charge in [0, 0.05) is 6.54 Å². The van der Waals surface area contributed by atoms with Crippen LogP contribution in [-0.2, 0) is 6.54 Å². The first-order valence-electron chi connectivity index (χ1n) is 4.40. The molecule has 0 aliphatic rings. The van der Waals surface area contributed by atoms with Crippen LogP contribution < -0.4 is 5.73 Å². The maximum Gasteiger partial charge on any atom is 0.389 e. The molecule has 2 N–H and O–H groups in total. The molecule has 0 radical (unpaired) electrons. The zero-order valence-corrected chi connectivity index (χ0v) is 8.54. The van der Waals surface area contributed by atoms with E-state index in [-0.39, 0.29) is 12.5 Å². The molecule has 86 valence electrons. The predicted octanol–water partition coefficient (Wildman–Crippen LogP) is 1.84. The fourth-order valence-corrected chi connectivity index (χ4v) is 1.42. The van der Waals surface area contributed by atoms with Gasteiger partial charge in [-0.25, -0.2) is 4.98 Å². The summed E-state index contributed by atoms with van der Waals surface area (Å²) in [4.78, 5) is 3.65. The monoisotopic (exact) mass is 222 g/mol. The summed E-state index contributed by atoms with van der Waals surface area (Å²) >= 11 is 0. The summed E-state index contributed by atoms with van der Waals surface area (Å²) in [5, 5.41) is 3.74. The van der Waals surface area contributed by atoms with Crippen molar-refractivity contribution in [1.29, 1.82) is 0 Å². The third-order valence-electron chi connectivity index (χ3n) is 1.82. The summed E-state index contributed by atoms with van der Waals surface area (Å²) in [7, 11) is 0. The molecule has 15 heavy (non-hydrogen) atoms. The lowest BCUT2D eigenvalue weighted by atomic mass is 9.89. The minimum Gasteiger partial charge on any atom is -0.367 e. The van der Waals surface area contributed by atoms with Crippen molar-refractivity contribution >= 4 is 5.95 Å². The van der Waals surface area contributed by atoms with E-state index in [1.54, 1.807) is 0 Å². The van der Waals surface area contributed by atoms with E-state index in [0.717, 1.165) is 0 Å². The molecular weight excluding hydrogens is 209 g/mol. The number of anilines is 1. The fourth-order valence-electron chi connectivity index (χ4n) is 1.42. The van der Waals surface area contributed by atoms with Crippen LogP contribution in [0, 0.1) is 5.41 Å². The number of halogens is 3. The Kier molecular flexibility index (Phi) is 2.92. The summed E-state index contributed by atoms with van der Waals surface area (Å²) in [6.07, 6.45) is -3.71. The molecule has 0 aliphatic heterocycles. The van der Waals surface area contributed by atoms with E-state index >= 15 is 0 Å². The highest BCUT2D eigenvalue weighted by Gasteiger charge is 2.36. The van der Waals surface area contributed by atoms with Crippen LogP contribution in [0.4, 0.5) is 19.1 Å². The van der Waals surface area contributed by atoms with Gasteiger partial charge in [0.15, 0.2) is 0 Å². The minimum atomic E-state index is -4.17. The second-order valence-electron chi connectivity index (χ2n) is 4.26. The highest BCUT2D eigenvalue weighted by molar-refractivity contribution is 5.09. The normalized spacial score (nSPS) is 13.1. The van der Waals surface area contributed by atoms with Gasteiger partial charge in [-0.15, -0.1) is 5.10 Å². The van der Waals surface area contributed by atoms with Crippen molar-refractivity contribution in [2.75, 3.05) is 5.73 Å². The molecule has 7 heteroatoms. The van der Waals surface area contributed by atoms with Crippen LogP contribution in [0.15, 0.2) is 6.33 Å². The molecule has 1 rings (SSSR count). The third kappa shape index (κ3) is 4.18. The first-order valence-corrected chi connectivity index (χ1v) is 4.40. The van der Waals surface area contributed by atoms with Crippen LogP contribution in [0.2, 0.25) is 0 Å². The van der Waals surface area contributed by atoms with Crippen LogP contribution >= 0.6 is 0 Å². The summed E-state index contributed by atoms with van der Waals surface area (Å²) in [6, 6.07) is 0. The molecular formula is C8H13F3N4. The zero-order valence-electron chi connectivity index (χ0n) is 8.54. The number of alkyl halides is 3. The average molecular weight is 222 g/mol. The first kappa shape index (κ1) is 11.8. The van der Waals surface area contributed by atoms with Crippen LogP contribution in [0.5, 0.6) is 0 Å². The predicted molar refractivity (Wildman–Crippen MR) is 48.9 cm³/mol. The minimum absolute atomic E-state index is 0.0674. The second-order valence-corrected chi connectivity index (χ2v) is 4.26. The number of nitrogens with zero attached hydrogens (tertiary/aromatic N) is 3. The second kappa shape index (κ2) is 3.71. The van der Waals surface area contributed by atoms with Gasteiger partial charge in [0.25, 0.3) is 0 Å². The Bertz CT molecular complexity index is 329. The number of aromatic nitrogens is 3. The lowest BCUT2D eigenvalue weighted by Crippen LogP contribution is -2.27. The van der Waals surface area contributed by atoms with E-state index in [1.807, 2.05) is 0 Å². The van der Waals surface area contributed by atoms with E-state index in [4.69, 9.17) is 5.73 Å². The number of nitrogen functional groups attached to an aromatic ring is 1. The molecule has 0 atom stereocenters. The lowest BCUT2D eigenvalue weighted by molar-refractivity contribution is -0.156. The van der Waals surface area contributed by atoms with Gasteiger partial charge in [-0.3, -0.25) is 4.68 Å². The van der Waals surface area contributed by atoms with Gasteiger partial charge >= 0.3 is 6.18 Å². The Balaban J connectivity index is 2.64. The van der Waals surface area contributed by atoms with Crippen molar-refractivity contribution in [3.05, 3.63) is 6.33 Å². The Hall–Kier alpha value is -1.27. The van der Waals surface area contributed by atoms with Gasteiger partial charge in [-0.2, -0.15) is 13.2 Å². The van der Waals surface area contributed by atoms with E-state index in [9.17, 15) is 13.2 Å². The zero-order chi connectivity index (χ0) is 11.7. The summed E-state index contributed by atoms with van der Waals surface area (Å²) in [5.74, 6) is 0.0674. The van der Waals surface area contributed by atoms with E-state index < -0.39 is 18.0 Å². The maximum absolute atomic E-state index is 12.2. The standard InChI is InChI=1S/C8H13F3N4/c1-7(2,3-8(9,10)11)4-15-5-13-6(12)14-15/h5H,3-4H2,1-2H3,(H2,12,14). The summed E-state index contributed by atoms with van der Waals surface area (Å²) in [6.45, 7) is 3.19. The van der Waals surface area contributed by atoms with Crippen LogP contribution in [0.3, 0.4) is 0 Å². The van der Waals surface area contributed by atoms with Crippen LogP contribution in [0.1, 0.15) is 20.3 Å². The molecule has 0 aliphatic carbocycles. The van der Waals surface area contributed by atoms with Gasteiger partial charge in [-0.1, -0.05) is 13.8 Å². The lowest BCUT2D eigenvalue weighted by Gasteiger charge is -2.25. The van der Waals surface area contributed by atoms with Crippen LogP contribution in [-0.4, -0.2) is 20.9 Å². The number of hydrogen-bond donors (Lipinski definition) is 1. The highest BCUT2D eigenvalue weighted by atomic mass is 19.4. The molecule has 0 amide bonds. The first-order chi connectivity index (χ1) is 6.68. The Labute approximate surface area is 85.3 Å². The highest BCUT2D eigenvalue weighted by Crippen LogP contribution is 2.33. The quantitative estimate of drug-likeness (QED) is 0.848. The Morgan fingerprint density at radius 1 is 1.40 bits per heavy atom. The fraction of sp³-hybridized carbons (Fsp3) is 0.750. The van der Waals surface area contributed by atoms with Crippen molar-refractivity contribution in [3.8, 4) is 0 Å². The summed E-state index contributed by atoms with van der Waals surface area (Å²) < 4.78 is 37.9. The third-order valence-corrected chi connectivity index (χ3v) is 1.82. The van der Waals surface area contributed by atoms with Gasteiger partial charge in [0.2, 0.25) is 5.95 Å². The van der Waals surface area contributed by atoms with Crippen molar-refractivity contribution in [2.24, 2.45) is 5.41 Å². The van der Waals surface area contributed by atoms with Crippen molar-refractivity contribution in [2.45, 2.75) is 33.0 Å². The molecule has 0 unspecified atom stereocenters. The maximum atomic E-state index is 12.2. The Morgan fingerprint density at radius 3 is 2.40 bits per heavy atom. The van der Waals surface area contributed by atoms with E-state index in [0.29, 0.717) is 0 Å². The van der Waals surface area contributed by atoms with Crippen molar-refractivity contribution < 1.29 is 13.2 Å². The molecule has 0 saturated heterocycles. The van der Waals surface area contributed by atoms with E-state index in [1.165, 1.54) is 24.9 Å². The molecule has 1 aromatic heterocycles. The SMILES string of the molecule is CC(C)(Cn1cnc(N)n1)CC(F)(F)F. The van der Waals surface area contributed by atoms with Gasteiger partial charge < -0.3 is 5.73 Å². The number of rotatable bonds is 3. The number of hydrogen-bond acceptors (Lipinski definition) is 3. The van der Waals surface area contributed by atoms with Gasteiger partial charge in [0.05, 0.1) is 6.42 Å². The molecule has 0 spiro atoms. The molecule has 0 bridgehead atoms. The Morgan fingerprint density at radius 2 is 2.00 bits per heavy atom. The molecule has 1 heterocycles. The van der Waals surface area contributed by atoms with Crippen LogP contribution in [0.25, 0.3) is 0 Å². The topological polar surface area (TPSA) is 56.7 Å². The molecule has 4 nitrogen and oxygen atoms in total. The average Bonchev–Trinajstić information content (AvgIpc) is 2.27. The van der Waals surface area contributed by atoms with Gasteiger partial charge in [0.1, 0.15) is 6.33 Å². The molecule has 0 aromatic carbocycles. The van der Waals surface area contributed by atoms with Crippen molar-refractivity contribution in [3.63, 3.8) is 0 Å². The van der Waals surface area contributed by atoms with Gasteiger partial charge in [-0.05, 0) is 5.41 Å². The molecule has 0 fully saturated rings. The molecule has 1 aromatic rings. The van der Waals surface area contributed by atoms with E-state index in [2.05, 4.69) is 10.1 Å². The van der Waals surface area contributed by atoms with Crippen molar-refractivity contribution in [1.82, 2.24) is 14.8 Å².